The molecule has 8 heteroatoms. The highest BCUT2D eigenvalue weighted by Crippen LogP contribution is 2.41. The first kappa shape index (κ1) is 23.3. The summed E-state index contributed by atoms with van der Waals surface area (Å²) in [6.07, 6.45) is -2.95. The van der Waals surface area contributed by atoms with Gasteiger partial charge >= 0.3 is 5.97 Å². The zero-order valence-electron chi connectivity index (χ0n) is 18.6. The molecule has 4 rings (SSSR count). The number of aliphatic hydroxyl groups is 2. The van der Waals surface area contributed by atoms with E-state index in [1.54, 1.807) is 24.3 Å². The summed E-state index contributed by atoms with van der Waals surface area (Å²) in [5.41, 5.74) is 8.32. The summed E-state index contributed by atoms with van der Waals surface area (Å²) in [6, 6.07) is 22.3. The minimum atomic E-state index is -1.54. The molecule has 34 heavy (non-hydrogen) atoms. The van der Waals surface area contributed by atoms with Gasteiger partial charge in [0.1, 0.15) is 29.6 Å². The van der Waals surface area contributed by atoms with E-state index in [1.807, 2.05) is 60.0 Å². The van der Waals surface area contributed by atoms with E-state index in [9.17, 15) is 20.1 Å². The topological polar surface area (TPSA) is 127 Å². The molecule has 1 heterocycles. The molecule has 0 aliphatic heterocycles. The van der Waals surface area contributed by atoms with E-state index in [0.29, 0.717) is 40.2 Å². The predicted octanol–water partition coefficient (Wildman–Crippen LogP) is 3.56. The molecular weight excluding hydrogens is 436 g/mol. The molecular formula is C26H26N2O6. The lowest BCUT2D eigenvalue weighted by atomic mass is 10.0. The van der Waals surface area contributed by atoms with Crippen molar-refractivity contribution in [1.29, 1.82) is 0 Å². The Morgan fingerprint density at radius 3 is 2.26 bits per heavy atom. The van der Waals surface area contributed by atoms with Crippen LogP contribution in [0.3, 0.4) is 0 Å². The van der Waals surface area contributed by atoms with Crippen molar-refractivity contribution < 1.29 is 29.6 Å². The van der Waals surface area contributed by atoms with Gasteiger partial charge in [-0.3, -0.25) is 0 Å². The summed E-state index contributed by atoms with van der Waals surface area (Å²) >= 11 is 0. The molecule has 0 radical (unpaired) electrons. The summed E-state index contributed by atoms with van der Waals surface area (Å²) in [5, 5.41) is 30.4. The smallest absolute Gasteiger partial charge is 0.341 e. The molecule has 8 nitrogen and oxygen atoms in total. The molecule has 0 spiro atoms. The van der Waals surface area contributed by atoms with Crippen LogP contribution >= 0.6 is 0 Å². The Labute approximate surface area is 196 Å². The second kappa shape index (κ2) is 9.96. The molecule has 0 bridgehead atoms. The third kappa shape index (κ3) is 4.89. The van der Waals surface area contributed by atoms with E-state index in [4.69, 9.17) is 15.2 Å². The van der Waals surface area contributed by atoms with Crippen molar-refractivity contribution in [2.24, 2.45) is 5.73 Å². The van der Waals surface area contributed by atoms with Crippen molar-refractivity contribution >= 4 is 16.9 Å². The van der Waals surface area contributed by atoms with E-state index in [2.05, 4.69) is 0 Å². The SMILES string of the molecule is Cc1c(C(O)C(N)O)c2c(OCC(=O)O)cc(Oc3ccccc3)cc2n1Cc1ccccc1. The van der Waals surface area contributed by atoms with Gasteiger partial charge in [-0.1, -0.05) is 48.5 Å². The standard InChI is InChI=1S/C26H26N2O6/c1-16-23(25(31)26(27)32)24-20(28(16)14-17-8-4-2-5-9-17)12-19(13-21(24)33-15-22(29)30)34-18-10-6-3-7-11-18/h2-13,25-26,31-32H,14-15,27H2,1H3,(H,29,30). The highest BCUT2D eigenvalue weighted by atomic mass is 16.5. The van der Waals surface area contributed by atoms with Gasteiger partial charge in [0.2, 0.25) is 0 Å². The van der Waals surface area contributed by atoms with Crippen LogP contribution in [0.5, 0.6) is 17.2 Å². The van der Waals surface area contributed by atoms with E-state index in [0.717, 1.165) is 5.56 Å². The van der Waals surface area contributed by atoms with Gasteiger partial charge in [0.05, 0.1) is 5.52 Å². The number of ether oxygens (including phenoxy) is 2. The summed E-state index contributed by atoms with van der Waals surface area (Å²) < 4.78 is 13.6. The van der Waals surface area contributed by atoms with E-state index in [-0.39, 0.29) is 5.75 Å². The van der Waals surface area contributed by atoms with Crippen molar-refractivity contribution in [3.8, 4) is 17.2 Å². The summed E-state index contributed by atoms with van der Waals surface area (Å²) in [4.78, 5) is 11.3. The first-order valence-corrected chi connectivity index (χ1v) is 10.7. The Morgan fingerprint density at radius 1 is 1.00 bits per heavy atom. The molecule has 0 aliphatic carbocycles. The molecule has 0 saturated carbocycles. The number of carboxylic acid groups (broad SMARTS) is 1. The number of aliphatic hydroxyl groups excluding tert-OH is 2. The summed E-state index contributed by atoms with van der Waals surface area (Å²) in [6.45, 7) is 1.68. The number of nitrogens with two attached hydrogens (primary N) is 1. The zero-order valence-corrected chi connectivity index (χ0v) is 18.6. The number of carbonyl (C=O) groups is 1. The fraction of sp³-hybridized carbons (Fsp3) is 0.192. The fourth-order valence-electron chi connectivity index (χ4n) is 4.01. The molecule has 2 unspecified atom stereocenters. The molecule has 3 aromatic carbocycles. The average molecular weight is 463 g/mol. The third-order valence-corrected chi connectivity index (χ3v) is 5.54. The molecule has 0 aliphatic rings. The highest BCUT2D eigenvalue weighted by molar-refractivity contribution is 5.93. The lowest BCUT2D eigenvalue weighted by Gasteiger charge is -2.16. The quantitative estimate of drug-likeness (QED) is 0.280. The van der Waals surface area contributed by atoms with Gasteiger partial charge in [-0.2, -0.15) is 0 Å². The number of aliphatic carboxylic acids is 1. The van der Waals surface area contributed by atoms with Gasteiger partial charge in [0.15, 0.2) is 6.61 Å². The minimum Gasteiger partial charge on any atom is -0.481 e. The molecule has 1 aromatic heterocycles. The van der Waals surface area contributed by atoms with Gasteiger partial charge in [-0.05, 0) is 24.6 Å². The Balaban J connectivity index is 1.94. The number of carboxylic acids is 1. The number of aromatic nitrogens is 1. The Morgan fingerprint density at radius 2 is 1.65 bits per heavy atom. The van der Waals surface area contributed by atoms with Crippen LogP contribution in [0.25, 0.3) is 10.9 Å². The van der Waals surface area contributed by atoms with Crippen LogP contribution in [0.1, 0.15) is 22.9 Å². The summed E-state index contributed by atoms with van der Waals surface area (Å²) in [5.74, 6) is 0.0844. The van der Waals surface area contributed by atoms with Gasteiger partial charge in [-0.25, -0.2) is 4.79 Å². The van der Waals surface area contributed by atoms with E-state index < -0.39 is 24.9 Å². The van der Waals surface area contributed by atoms with Crippen LogP contribution in [0.4, 0.5) is 0 Å². The van der Waals surface area contributed by atoms with Gasteiger partial charge in [0, 0.05) is 35.3 Å². The summed E-state index contributed by atoms with van der Waals surface area (Å²) in [7, 11) is 0. The number of para-hydroxylation sites is 1. The number of benzene rings is 3. The van der Waals surface area contributed by atoms with Crippen LogP contribution in [0.2, 0.25) is 0 Å². The maximum Gasteiger partial charge on any atom is 0.341 e. The molecule has 176 valence electrons. The number of nitrogens with zero attached hydrogens (tertiary/aromatic N) is 1. The molecule has 0 saturated heterocycles. The van der Waals surface area contributed by atoms with Crippen LogP contribution < -0.4 is 15.2 Å². The average Bonchev–Trinajstić information content (AvgIpc) is 3.09. The van der Waals surface area contributed by atoms with Crippen LogP contribution in [0.15, 0.2) is 72.8 Å². The highest BCUT2D eigenvalue weighted by Gasteiger charge is 2.27. The Kier molecular flexibility index (Phi) is 6.83. The number of hydrogen-bond donors (Lipinski definition) is 4. The second-order valence-corrected chi connectivity index (χ2v) is 7.92. The normalized spacial score (nSPS) is 12.9. The number of hydrogen-bond acceptors (Lipinski definition) is 6. The molecule has 5 N–H and O–H groups in total. The Hall–Kier alpha value is -3.85. The fourth-order valence-corrected chi connectivity index (χ4v) is 4.01. The first-order chi connectivity index (χ1) is 16.3. The van der Waals surface area contributed by atoms with Crippen molar-refractivity contribution in [1.82, 2.24) is 4.57 Å². The van der Waals surface area contributed by atoms with Gasteiger partial charge < -0.3 is 35.1 Å². The van der Waals surface area contributed by atoms with Crippen molar-refractivity contribution in [2.75, 3.05) is 6.61 Å². The van der Waals surface area contributed by atoms with Crippen LogP contribution in [-0.4, -0.2) is 38.7 Å². The number of rotatable bonds is 9. The largest absolute Gasteiger partial charge is 0.481 e. The molecule has 0 amide bonds. The maximum atomic E-state index is 11.3. The Bertz CT molecular complexity index is 1290. The van der Waals surface area contributed by atoms with Crippen LogP contribution in [-0.2, 0) is 11.3 Å². The van der Waals surface area contributed by atoms with Gasteiger partial charge in [0.25, 0.3) is 0 Å². The first-order valence-electron chi connectivity index (χ1n) is 10.7. The molecule has 4 aromatic rings. The van der Waals surface area contributed by atoms with E-state index in [1.165, 1.54) is 0 Å². The van der Waals surface area contributed by atoms with E-state index >= 15 is 0 Å². The minimum absolute atomic E-state index is 0.204. The maximum absolute atomic E-state index is 11.3. The zero-order chi connectivity index (χ0) is 24.2. The van der Waals surface area contributed by atoms with Gasteiger partial charge in [-0.15, -0.1) is 0 Å². The molecule has 2 atom stereocenters. The predicted molar refractivity (Wildman–Crippen MR) is 127 cm³/mol. The third-order valence-electron chi connectivity index (χ3n) is 5.54. The van der Waals surface area contributed by atoms with Crippen molar-refractivity contribution in [2.45, 2.75) is 25.8 Å². The van der Waals surface area contributed by atoms with Crippen molar-refractivity contribution in [3.63, 3.8) is 0 Å². The lowest BCUT2D eigenvalue weighted by Crippen LogP contribution is -2.28. The molecule has 0 fully saturated rings. The lowest BCUT2D eigenvalue weighted by molar-refractivity contribution is -0.139. The monoisotopic (exact) mass is 462 g/mol. The second-order valence-electron chi connectivity index (χ2n) is 7.92. The number of fused-ring (bicyclic) bond motifs is 1. The van der Waals surface area contributed by atoms with Crippen molar-refractivity contribution in [3.05, 3.63) is 89.6 Å². The van der Waals surface area contributed by atoms with Crippen LogP contribution in [0, 0.1) is 6.92 Å².